The van der Waals surface area contributed by atoms with Gasteiger partial charge in [-0.2, -0.15) is 0 Å². The first-order chi connectivity index (χ1) is 10.2. The van der Waals surface area contributed by atoms with E-state index in [-0.39, 0.29) is 11.9 Å². The first-order valence-electron chi connectivity index (χ1n) is 6.76. The Kier molecular flexibility index (Phi) is 3.64. The van der Waals surface area contributed by atoms with Crippen LogP contribution in [-0.4, -0.2) is 4.98 Å². The summed E-state index contributed by atoms with van der Waals surface area (Å²) in [5.41, 5.74) is 6.06. The molecule has 3 rings (SSSR count). The summed E-state index contributed by atoms with van der Waals surface area (Å²) in [7, 11) is 0. The van der Waals surface area contributed by atoms with Crippen molar-refractivity contribution in [2.45, 2.75) is 13.0 Å². The molecule has 0 radical (unpaired) electrons. The number of aryl methyl sites for hydroxylation is 1. The molecule has 1 unspecified atom stereocenters. The first kappa shape index (κ1) is 13.7. The molecule has 106 valence electrons. The van der Waals surface area contributed by atoms with Crippen LogP contribution >= 0.6 is 0 Å². The maximum atomic E-state index is 13.8. The molecule has 0 aliphatic carbocycles. The number of rotatable bonds is 3. The Labute approximate surface area is 122 Å². The van der Waals surface area contributed by atoms with E-state index < -0.39 is 0 Å². The zero-order chi connectivity index (χ0) is 14.8. The van der Waals surface area contributed by atoms with E-state index in [9.17, 15) is 4.39 Å². The highest BCUT2D eigenvalue weighted by Gasteiger charge is 2.16. The molecule has 3 nitrogen and oxygen atoms in total. The van der Waals surface area contributed by atoms with Crippen LogP contribution in [0.1, 0.15) is 22.7 Å². The SMILES string of the molecule is Cc1ccc(C(NN)c2cccc3ncccc23)cc1F. The number of nitrogens with two attached hydrogens (primary N) is 1. The molecule has 1 aromatic heterocycles. The number of hydrogen-bond donors (Lipinski definition) is 2. The van der Waals surface area contributed by atoms with E-state index in [4.69, 9.17) is 5.84 Å². The maximum absolute atomic E-state index is 13.8. The van der Waals surface area contributed by atoms with Crippen LogP contribution in [0.15, 0.2) is 54.7 Å². The van der Waals surface area contributed by atoms with Gasteiger partial charge in [0.15, 0.2) is 0 Å². The molecule has 0 aliphatic rings. The zero-order valence-electron chi connectivity index (χ0n) is 11.7. The lowest BCUT2D eigenvalue weighted by Gasteiger charge is -2.19. The number of hydrogen-bond acceptors (Lipinski definition) is 3. The quantitative estimate of drug-likeness (QED) is 0.572. The number of hydrazine groups is 1. The van der Waals surface area contributed by atoms with Crippen LogP contribution in [0.4, 0.5) is 4.39 Å². The average molecular weight is 281 g/mol. The van der Waals surface area contributed by atoms with Crippen LogP contribution in [0.25, 0.3) is 10.9 Å². The highest BCUT2D eigenvalue weighted by molar-refractivity contribution is 5.82. The van der Waals surface area contributed by atoms with Gasteiger partial charge in [-0.1, -0.05) is 30.3 Å². The Morgan fingerprint density at radius 1 is 1.14 bits per heavy atom. The van der Waals surface area contributed by atoms with Crippen LogP contribution in [0.3, 0.4) is 0 Å². The fraction of sp³-hybridized carbons (Fsp3) is 0.118. The molecule has 0 saturated carbocycles. The first-order valence-corrected chi connectivity index (χ1v) is 6.76. The molecule has 0 spiro atoms. The molecular formula is C17H16FN3. The molecule has 0 amide bonds. The molecule has 3 aromatic rings. The topological polar surface area (TPSA) is 50.9 Å². The number of aromatic nitrogens is 1. The lowest BCUT2D eigenvalue weighted by molar-refractivity contribution is 0.600. The van der Waals surface area contributed by atoms with E-state index in [0.29, 0.717) is 5.56 Å². The minimum absolute atomic E-state index is 0.230. The molecule has 0 fully saturated rings. The molecule has 0 aliphatic heterocycles. The number of nitrogens with one attached hydrogen (secondary N) is 1. The molecule has 1 atom stereocenters. The molecule has 3 N–H and O–H groups in total. The van der Waals surface area contributed by atoms with Gasteiger partial charge in [-0.25, -0.2) is 9.82 Å². The number of nitrogens with zero attached hydrogens (tertiary/aromatic N) is 1. The third-order valence-corrected chi connectivity index (χ3v) is 3.69. The van der Waals surface area contributed by atoms with Crippen LogP contribution in [0.2, 0.25) is 0 Å². The second kappa shape index (κ2) is 5.60. The third kappa shape index (κ3) is 2.51. The van der Waals surface area contributed by atoms with Crippen molar-refractivity contribution in [2.24, 2.45) is 5.84 Å². The fourth-order valence-electron chi connectivity index (χ4n) is 2.53. The molecule has 0 bridgehead atoms. The van der Waals surface area contributed by atoms with Crippen LogP contribution in [-0.2, 0) is 0 Å². The van der Waals surface area contributed by atoms with E-state index in [1.165, 1.54) is 6.07 Å². The molecule has 0 saturated heterocycles. The smallest absolute Gasteiger partial charge is 0.126 e. The van der Waals surface area contributed by atoms with Gasteiger partial charge in [-0.05, 0) is 41.8 Å². The fourth-order valence-corrected chi connectivity index (χ4v) is 2.53. The molecular weight excluding hydrogens is 265 g/mol. The molecule has 21 heavy (non-hydrogen) atoms. The predicted octanol–water partition coefficient (Wildman–Crippen LogP) is 3.24. The second-order valence-electron chi connectivity index (χ2n) is 5.03. The van der Waals surface area contributed by atoms with Crippen LogP contribution in [0, 0.1) is 12.7 Å². The van der Waals surface area contributed by atoms with E-state index in [2.05, 4.69) is 10.4 Å². The zero-order valence-corrected chi connectivity index (χ0v) is 11.7. The van der Waals surface area contributed by atoms with Crippen molar-refractivity contribution >= 4 is 10.9 Å². The maximum Gasteiger partial charge on any atom is 0.126 e. The van der Waals surface area contributed by atoms with Gasteiger partial charge in [0.05, 0.1) is 11.6 Å². The van der Waals surface area contributed by atoms with Crippen molar-refractivity contribution in [1.29, 1.82) is 0 Å². The van der Waals surface area contributed by atoms with E-state index >= 15 is 0 Å². The lowest BCUT2D eigenvalue weighted by atomic mass is 9.95. The number of halogens is 1. The average Bonchev–Trinajstić information content (AvgIpc) is 2.52. The van der Waals surface area contributed by atoms with E-state index in [0.717, 1.165) is 22.0 Å². The Morgan fingerprint density at radius 3 is 2.76 bits per heavy atom. The van der Waals surface area contributed by atoms with Gasteiger partial charge in [0.25, 0.3) is 0 Å². The van der Waals surface area contributed by atoms with Crippen molar-refractivity contribution in [3.8, 4) is 0 Å². The Morgan fingerprint density at radius 2 is 2.00 bits per heavy atom. The van der Waals surface area contributed by atoms with Gasteiger partial charge in [-0.3, -0.25) is 10.8 Å². The molecule has 2 aromatic carbocycles. The summed E-state index contributed by atoms with van der Waals surface area (Å²) >= 11 is 0. The molecule has 1 heterocycles. The largest absolute Gasteiger partial charge is 0.271 e. The van der Waals surface area contributed by atoms with E-state index in [1.807, 2.05) is 36.4 Å². The van der Waals surface area contributed by atoms with Gasteiger partial charge in [-0.15, -0.1) is 0 Å². The lowest BCUT2D eigenvalue weighted by Crippen LogP contribution is -2.29. The Balaban J connectivity index is 2.16. The highest BCUT2D eigenvalue weighted by atomic mass is 19.1. The van der Waals surface area contributed by atoms with Gasteiger partial charge < -0.3 is 0 Å². The minimum atomic E-state index is -0.284. The number of fused-ring (bicyclic) bond motifs is 1. The van der Waals surface area contributed by atoms with Gasteiger partial charge >= 0.3 is 0 Å². The summed E-state index contributed by atoms with van der Waals surface area (Å²) in [5.74, 6) is 5.49. The summed E-state index contributed by atoms with van der Waals surface area (Å²) < 4.78 is 13.8. The number of pyridine rings is 1. The van der Waals surface area contributed by atoms with E-state index in [1.54, 1.807) is 19.2 Å². The van der Waals surface area contributed by atoms with Crippen molar-refractivity contribution in [3.05, 3.63) is 77.2 Å². The van der Waals surface area contributed by atoms with Gasteiger partial charge in [0, 0.05) is 11.6 Å². The van der Waals surface area contributed by atoms with Crippen LogP contribution < -0.4 is 11.3 Å². The van der Waals surface area contributed by atoms with Crippen molar-refractivity contribution in [3.63, 3.8) is 0 Å². The third-order valence-electron chi connectivity index (χ3n) is 3.69. The van der Waals surface area contributed by atoms with Gasteiger partial charge in [0.1, 0.15) is 5.82 Å². The summed E-state index contributed by atoms with van der Waals surface area (Å²) in [5, 5.41) is 1.00. The highest BCUT2D eigenvalue weighted by Crippen LogP contribution is 2.28. The Hall–Kier alpha value is -2.30. The predicted molar refractivity (Wildman–Crippen MR) is 82.0 cm³/mol. The van der Waals surface area contributed by atoms with Crippen LogP contribution in [0.5, 0.6) is 0 Å². The Bertz CT molecular complexity index is 781. The number of benzene rings is 2. The minimum Gasteiger partial charge on any atom is -0.271 e. The normalized spacial score (nSPS) is 12.5. The summed E-state index contributed by atoms with van der Waals surface area (Å²) in [4.78, 5) is 4.34. The summed E-state index contributed by atoms with van der Waals surface area (Å²) in [6, 6.07) is 14.6. The standard InChI is InChI=1S/C17H16FN3/c1-11-7-8-12(10-15(11)18)17(21-19)14-4-2-6-16-13(14)5-3-9-20-16/h2-10,17,21H,19H2,1H3. The van der Waals surface area contributed by atoms with Gasteiger partial charge in [0.2, 0.25) is 0 Å². The van der Waals surface area contributed by atoms with Crippen molar-refractivity contribution in [2.75, 3.05) is 0 Å². The van der Waals surface area contributed by atoms with Crippen molar-refractivity contribution < 1.29 is 4.39 Å². The second-order valence-corrected chi connectivity index (χ2v) is 5.03. The molecule has 4 heteroatoms. The monoisotopic (exact) mass is 281 g/mol. The summed E-state index contributed by atoms with van der Waals surface area (Å²) in [6.45, 7) is 1.74. The van der Waals surface area contributed by atoms with Crippen molar-refractivity contribution in [1.82, 2.24) is 10.4 Å². The summed E-state index contributed by atoms with van der Waals surface area (Å²) in [6.07, 6.45) is 1.75.